The van der Waals surface area contributed by atoms with Crippen LogP contribution in [0.25, 0.3) is 0 Å². The van der Waals surface area contributed by atoms with Gasteiger partial charge in [-0.05, 0) is 68.1 Å². The Balaban J connectivity index is 0.00000218. The quantitative estimate of drug-likeness (QED) is 0.134. The molecule has 5 rings (SSSR count). The molecule has 166 valence electrons. The summed E-state index contributed by atoms with van der Waals surface area (Å²) in [4.78, 5) is 31.3. The number of aliphatic imine (C=N–C) groups is 1. The Bertz CT molecular complexity index is 709. The van der Waals surface area contributed by atoms with Crippen LogP contribution >= 0.6 is 24.0 Å². The number of hydrogen-bond acceptors (Lipinski definition) is 3. The highest BCUT2D eigenvalue weighted by Crippen LogP contribution is 2.52. The van der Waals surface area contributed by atoms with Gasteiger partial charge in [0.2, 0.25) is 11.8 Å². The van der Waals surface area contributed by atoms with Crippen molar-refractivity contribution in [2.45, 2.75) is 44.9 Å². The summed E-state index contributed by atoms with van der Waals surface area (Å²) in [5.74, 6) is 4.25. The van der Waals surface area contributed by atoms with Crippen molar-refractivity contribution < 1.29 is 9.59 Å². The van der Waals surface area contributed by atoms with Gasteiger partial charge in [0, 0.05) is 26.7 Å². The highest BCUT2D eigenvalue weighted by molar-refractivity contribution is 14.0. The molecule has 4 fully saturated rings. The lowest BCUT2D eigenvalue weighted by atomic mass is 9.85. The van der Waals surface area contributed by atoms with Crippen LogP contribution in [0.4, 0.5) is 0 Å². The Labute approximate surface area is 196 Å². The van der Waals surface area contributed by atoms with Gasteiger partial charge in [-0.3, -0.25) is 19.5 Å². The Kier molecular flexibility index (Phi) is 6.75. The minimum Gasteiger partial charge on any atom is -0.356 e. The first-order valence-corrected chi connectivity index (χ1v) is 11.6. The molecule has 0 aromatic rings. The summed E-state index contributed by atoms with van der Waals surface area (Å²) in [6, 6.07) is 0. The summed E-state index contributed by atoms with van der Waals surface area (Å²) in [5.41, 5.74) is 0. The molecule has 30 heavy (non-hydrogen) atoms. The van der Waals surface area contributed by atoms with Gasteiger partial charge >= 0.3 is 0 Å². The molecule has 2 N–H and O–H groups in total. The van der Waals surface area contributed by atoms with Gasteiger partial charge in [0.25, 0.3) is 0 Å². The normalized spacial score (nSPS) is 38.4. The number of halogens is 1. The zero-order chi connectivity index (χ0) is 20.0. The van der Waals surface area contributed by atoms with Crippen molar-refractivity contribution in [1.29, 1.82) is 0 Å². The lowest BCUT2D eigenvalue weighted by Gasteiger charge is -2.22. The van der Waals surface area contributed by atoms with E-state index in [-0.39, 0.29) is 47.6 Å². The van der Waals surface area contributed by atoms with E-state index in [1.165, 1.54) is 37.0 Å². The average molecular weight is 526 g/mol. The van der Waals surface area contributed by atoms with E-state index in [1.54, 1.807) is 7.05 Å². The Morgan fingerprint density at radius 2 is 1.73 bits per heavy atom. The van der Waals surface area contributed by atoms with Crippen LogP contribution in [0, 0.1) is 41.4 Å². The molecule has 3 saturated carbocycles. The van der Waals surface area contributed by atoms with E-state index in [0.29, 0.717) is 24.9 Å². The van der Waals surface area contributed by atoms with Crippen molar-refractivity contribution in [3.63, 3.8) is 0 Å². The van der Waals surface area contributed by atoms with Crippen LogP contribution in [0.2, 0.25) is 0 Å². The van der Waals surface area contributed by atoms with Gasteiger partial charge in [-0.1, -0.05) is 18.6 Å². The molecule has 7 unspecified atom stereocenters. The monoisotopic (exact) mass is 526 g/mol. The number of rotatable bonds is 7. The molecule has 1 saturated heterocycles. The van der Waals surface area contributed by atoms with Gasteiger partial charge in [0.05, 0.1) is 11.8 Å². The number of hydrogen-bond donors (Lipinski definition) is 2. The van der Waals surface area contributed by atoms with Crippen LogP contribution in [-0.2, 0) is 9.59 Å². The van der Waals surface area contributed by atoms with Crippen LogP contribution < -0.4 is 10.6 Å². The highest BCUT2D eigenvalue weighted by atomic mass is 127. The van der Waals surface area contributed by atoms with Crippen molar-refractivity contribution >= 4 is 41.8 Å². The number of carbonyl (C=O) groups excluding carboxylic acids is 2. The van der Waals surface area contributed by atoms with E-state index in [9.17, 15) is 9.59 Å². The van der Waals surface area contributed by atoms with Gasteiger partial charge in [-0.25, -0.2) is 0 Å². The predicted molar refractivity (Wildman–Crippen MR) is 127 cm³/mol. The van der Waals surface area contributed by atoms with E-state index in [4.69, 9.17) is 0 Å². The minimum absolute atomic E-state index is 0. The lowest BCUT2D eigenvalue weighted by molar-refractivity contribution is -0.140. The van der Waals surface area contributed by atoms with Crippen molar-refractivity contribution in [3.8, 4) is 0 Å². The standard InChI is InChI=1S/C23H34N4O2.HI/c1-24-23(26-9-7-16-12-14-3-4-15(16)11-14)25-8-2-10-27-21(28)19-17-5-6-18(13-17)20(19)22(27)29;/h5-6,14-20H,2-4,7-13H2,1H3,(H2,24,25,26);1H. The predicted octanol–water partition coefficient (Wildman–Crippen LogP) is 2.79. The van der Waals surface area contributed by atoms with Crippen LogP contribution in [0.1, 0.15) is 44.9 Å². The fourth-order valence-electron chi connectivity index (χ4n) is 6.96. The number of nitrogens with one attached hydrogen (secondary N) is 2. The summed E-state index contributed by atoms with van der Waals surface area (Å²) in [7, 11) is 1.80. The first-order valence-electron chi connectivity index (χ1n) is 11.6. The van der Waals surface area contributed by atoms with Crippen molar-refractivity contribution in [2.24, 2.45) is 46.4 Å². The first kappa shape index (κ1) is 22.1. The largest absolute Gasteiger partial charge is 0.356 e. The maximum atomic E-state index is 12.7. The Morgan fingerprint density at radius 1 is 1.03 bits per heavy atom. The third kappa shape index (κ3) is 3.91. The molecule has 7 atom stereocenters. The number of likely N-dealkylation sites (tertiary alicyclic amines) is 1. The van der Waals surface area contributed by atoms with Crippen LogP contribution in [0.15, 0.2) is 17.1 Å². The first-order chi connectivity index (χ1) is 14.2. The smallest absolute Gasteiger partial charge is 0.233 e. The second-order valence-corrected chi connectivity index (χ2v) is 9.83. The van der Waals surface area contributed by atoms with Crippen LogP contribution in [0.5, 0.6) is 0 Å². The number of nitrogens with zero attached hydrogens (tertiary/aromatic N) is 2. The fraction of sp³-hybridized carbons (Fsp3) is 0.783. The number of allylic oxidation sites excluding steroid dienone is 2. The third-order valence-electron chi connectivity index (χ3n) is 8.33. The van der Waals surface area contributed by atoms with E-state index < -0.39 is 0 Å². The van der Waals surface area contributed by atoms with Crippen LogP contribution in [-0.4, -0.2) is 49.4 Å². The molecule has 2 amide bonds. The number of amides is 2. The lowest BCUT2D eigenvalue weighted by Crippen LogP contribution is -2.40. The minimum atomic E-state index is -0.0780. The number of carbonyl (C=O) groups is 2. The molecule has 0 aromatic carbocycles. The molecule has 7 heteroatoms. The third-order valence-corrected chi connectivity index (χ3v) is 8.33. The summed E-state index contributed by atoms with van der Waals surface area (Å²) in [5, 5.41) is 6.78. The topological polar surface area (TPSA) is 73.8 Å². The maximum absolute atomic E-state index is 12.7. The SMILES string of the molecule is CN=C(NCCCN1C(=O)C2C3C=CC(C3)C2C1=O)NCCC1CC2CCC1C2.I. The van der Waals surface area contributed by atoms with Gasteiger partial charge in [0.15, 0.2) is 5.96 Å². The van der Waals surface area contributed by atoms with E-state index in [1.807, 2.05) is 0 Å². The van der Waals surface area contributed by atoms with E-state index in [0.717, 1.165) is 43.1 Å². The molecule has 6 nitrogen and oxygen atoms in total. The van der Waals surface area contributed by atoms with Gasteiger partial charge < -0.3 is 10.6 Å². The molecular weight excluding hydrogens is 491 g/mol. The molecule has 0 radical (unpaired) electrons. The van der Waals surface area contributed by atoms with Crippen molar-refractivity contribution in [3.05, 3.63) is 12.2 Å². The Hall–Kier alpha value is -1.12. The highest BCUT2D eigenvalue weighted by Gasteiger charge is 2.58. The summed E-state index contributed by atoms with van der Waals surface area (Å²) in [6.45, 7) is 2.19. The summed E-state index contributed by atoms with van der Waals surface area (Å²) in [6.07, 6.45) is 13.1. The number of imide groups is 1. The molecule has 4 bridgehead atoms. The van der Waals surface area contributed by atoms with Gasteiger partial charge in [-0.15, -0.1) is 24.0 Å². The van der Waals surface area contributed by atoms with Crippen LogP contribution in [0.3, 0.4) is 0 Å². The molecule has 0 aromatic heterocycles. The van der Waals surface area contributed by atoms with Crippen molar-refractivity contribution in [1.82, 2.24) is 15.5 Å². The number of guanidine groups is 1. The molecular formula is C23H35IN4O2. The van der Waals surface area contributed by atoms with Gasteiger partial charge in [0.1, 0.15) is 0 Å². The molecule has 5 aliphatic rings. The van der Waals surface area contributed by atoms with E-state index in [2.05, 4.69) is 27.8 Å². The Morgan fingerprint density at radius 3 is 2.33 bits per heavy atom. The second kappa shape index (κ2) is 9.17. The summed E-state index contributed by atoms with van der Waals surface area (Å²) >= 11 is 0. The molecule has 1 aliphatic heterocycles. The maximum Gasteiger partial charge on any atom is 0.233 e. The van der Waals surface area contributed by atoms with Gasteiger partial charge in [-0.2, -0.15) is 0 Å². The van der Waals surface area contributed by atoms with E-state index >= 15 is 0 Å². The number of fused-ring (bicyclic) bond motifs is 7. The summed E-state index contributed by atoms with van der Waals surface area (Å²) < 4.78 is 0. The molecule has 4 aliphatic carbocycles. The zero-order valence-corrected chi connectivity index (χ0v) is 20.2. The molecule has 0 spiro atoms. The average Bonchev–Trinajstić information content (AvgIpc) is 3.53. The van der Waals surface area contributed by atoms with Crippen molar-refractivity contribution in [2.75, 3.05) is 26.7 Å². The molecule has 1 heterocycles. The zero-order valence-electron chi connectivity index (χ0n) is 17.9. The second-order valence-electron chi connectivity index (χ2n) is 9.83. The fourth-order valence-corrected chi connectivity index (χ4v) is 6.96.